The zero-order valence-electron chi connectivity index (χ0n) is 12.9. The van der Waals surface area contributed by atoms with Gasteiger partial charge in [0.15, 0.2) is 5.82 Å². The lowest BCUT2D eigenvalue weighted by atomic mass is 9.94. The molecule has 1 aromatic rings. The Kier molecular flexibility index (Phi) is 3.96. The summed E-state index contributed by atoms with van der Waals surface area (Å²) in [5.74, 6) is 0.936. The van der Waals surface area contributed by atoms with Crippen molar-refractivity contribution in [2.45, 2.75) is 38.6 Å². The molecule has 2 amide bonds. The summed E-state index contributed by atoms with van der Waals surface area (Å²) in [6.07, 6.45) is 4.72. The first-order chi connectivity index (χ1) is 10.6. The van der Waals surface area contributed by atoms with E-state index >= 15 is 0 Å². The average molecular weight is 304 g/mol. The maximum absolute atomic E-state index is 11.8. The molecule has 3 rings (SSSR count). The third-order valence-corrected chi connectivity index (χ3v) is 4.33. The van der Waals surface area contributed by atoms with Crippen LogP contribution in [0.2, 0.25) is 0 Å². The van der Waals surface area contributed by atoms with Crippen LogP contribution in [0, 0.1) is 0 Å². The van der Waals surface area contributed by atoms with E-state index in [0.717, 1.165) is 31.6 Å². The predicted molar refractivity (Wildman–Crippen MR) is 79.6 cm³/mol. The first-order valence-corrected chi connectivity index (χ1v) is 7.59. The van der Waals surface area contributed by atoms with Crippen LogP contribution in [0.5, 0.6) is 0 Å². The lowest BCUT2D eigenvalue weighted by molar-refractivity contribution is -0.129. The van der Waals surface area contributed by atoms with Crippen molar-refractivity contribution < 1.29 is 14.3 Å². The molecule has 1 unspecified atom stereocenters. The summed E-state index contributed by atoms with van der Waals surface area (Å²) in [5, 5.41) is 0. The highest BCUT2D eigenvalue weighted by Gasteiger charge is 2.33. The van der Waals surface area contributed by atoms with Crippen LogP contribution in [0.4, 0.5) is 10.6 Å². The first kappa shape index (κ1) is 14.7. The highest BCUT2D eigenvalue weighted by Crippen LogP contribution is 2.28. The van der Waals surface area contributed by atoms with Crippen LogP contribution < -0.4 is 4.90 Å². The maximum atomic E-state index is 11.8. The second-order valence-electron chi connectivity index (χ2n) is 5.88. The molecule has 0 aliphatic carbocycles. The second kappa shape index (κ2) is 5.90. The Morgan fingerprint density at radius 1 is 1.32 bits per heavy atom. The number of carbonyl (C=O) groups excluding carboxylic acids is 2. The number of piperidine rings is 1. The molecule has 3 heterocycles. The summed E-state index contributed by atoms with van der Waals surface area (Å²) in [6, 6.07) is -0.0309. The molecule has 1 aromatic heterocycles. The molecule has 0 radical (unpaired) electrons. The molecule has 7 nitrogen and oxygen atoms in total. The Hall–Kier alpha value is -2.18. The Balaban J connectivity index is 1.75. The summed E-state index contributed by atoms with van der Waals surface area (Å²) in [4.78, 5) is 35.4. The van der Waals surface area contributed by atoms with Gasteiger partial charge >= 0.3 is 6.09 Å². The Morgan fingerprint density at radius 3 is 2.64 bits per heavy atom. The molecule has 2 fully saturated rings. The molecule has 118 valence electrons. The van der Waals surface area contributed by atoms with E-state index in [9.17, 15) is 9.59 Å². The molecule has 2 aliphatic rings. The fourth-order valence-electron chi connectivity index (χ4n) is 3.01. The third-order valence-electron chi connectivity index (χ3n) is 4.33. The van der Waals surface area contributed by atoms with Crippen LogP contribution >= 0.6 is 0 Å². The van der Waals surface area contributed by atoms with Crippen molar-refractivity contribution in [3.8, 4) is 0 Å². The van der Waals surface area contributed by atoms with Crippen molar-refractivity contribution in [2.75, 3.05) is 24.6 Å². The summed E-state index contributed by atoms with van der Waals surface area (Å²) >= 11 is 0. The zero-order chi connectivity index (χ0) is 15.7. The molecule has 0 spiro atoms. The molecule has 0 saturated carbocycles. The van der Waals surface area contributed by atoms with Crippen molar-refractivity contribution in [2.24, 2.45) is 0 Å². The van der Waals surface area contributed by atoms with Gasteiger partial charge in [-0.2, -0.15) is 0 Å². The summed E-state index contributed by atoms with van der Waals surface area (Å²) in [7, 11) is 0. The predicted octanol–water partition coefficient (Wildman–Crippen LogP) is 1.55. The highest BCUT2D eigenvalue weighted by atomic mass is 16.6. The van der Waals surface area contributed by atoms with Crippen molar-refractivity contribution in [3.63, 3.8) is 0 Å². The number of anilines is 1. The van der Waals surface area contributed by atoms with Gasteiger partial charge in [-0.3, -0.25) is 14.7 Å². The monoisotopic (exact) mass is 304 g/mol. The maximum Gasteiger partial charge on any atom is 0.415 e. The molecule has 1 atom stereocenters. The van der Waals surface area contributed by atoms with Crippen LogP contribution in [-0.4, -0.2) is 52.6 Å². The van der Waals surface area contributed by atoms with E-state index in [2.05, 4.69) is 9.97 Å². The minimum atomic E-state index is -0.370. The van der Waals surface area contributed by atoms with Crippen molar-refractivity contribution in [1.29, 1.82) is 0 Å². The molecule has 0 aromatic carbocycles. The number of rotatable bonds is 2. The van der Waals surface area contributed by atoms with Crippen molar-refractivity contribution in [3.05, 3.63) is 18.1 Å². The van der Waals surface area contributed by atoms with Gasteiger partial charge in [0.1, 0.15) is 6.61 Å². The van der Waals surface area contributed by atoms with E-state index < -0.39 is 0 Å². The standard InChI is InChI=1S/C15H20N4O3/c1-10-9-22-15(21)19(10)14-8-16-7-13(17-14)12-3-5-18(6-4-12)11(2)20/h7-8,10,12H,3-6,9H2,1-2H3. The van der Waals surface area contributed by atoms with E-state index in [1.165, 1.54) is 0 Å². The van der Waals surface area contributed by atoms with Gasteiger partial charge in [0.25, 0.3) is 0 Å². The van der Waals surface area contributed by atoms with Crippen molar-refractivity contribution in [1.82, 2.24) is 14.9 Å². The van der Waals surface area contributed by atoms with Crippen LogP contribution in [0.25, 0.3) is 0 Å². The van der Waals surface area contributed by atoms with E-state index in [0.29, 0.717) is 12.4 Å². The minimum Gasteiger partial charge on any atom is -0.447 e. The number of carbonyl (C=O) groups is 2. The topological polar surface area (TPSA) is 75.6 Å². The normalized spacial score (nSPS) is 22.8. The second-order valence-corrected chi connectivity index (χ2v) is 5.88. The smallest absolute Gasteiger partial charge is 0.415 e. The molecular formula is C15H20N4O3. The number of nitrogens with zero attached hydrogens (tertiary/aromatic N) is 4. The molecule has 2 saturated heterocycles. The van der Waals surface area contributed by atoms with E-state index in [1.807, 2.05) is 11.8 Å². The highest BCUT2D eigenvalue weighted by molar-refractivity contribution is 5.88. The Bertz CT molecular complexity index is 584. The largest absolute Gasteiger partial charge is 0.447 e. The van der Waals surface area contributed by atoms with Crippen LogP contribution in [0.3, 0.4) is 0 Å². The average Bonchev–Trinajstić information content (AvgIpc) is 2.86. The number of ether oxygens (including phenoxy) is 1. The van der Waals surface area contributed by atoms with Gasteiger partial charge in [-0.15, -0.1) is 0 Å². The Morgan fingerprint density at radius 2 is 2.05 bits per heavy atom. The molecule has 0 bridgehead atoms. The van der Waals surface area contributed by atoms with Crippen LogP contribution in [0.15, 0.2) is 12.4 Å². The van der Waals surface area contributed by atoms with Gasteiger partial charge in [0.2, 0.25) is 5.91 Å². The molecule has 22 heavy (non-hydrogen) atoms. The van der Waals surface area contributed by atoms with Gasteiger partial charge in [-0.1, -0.05) is 0 Å². The van der Waals surface area contributed by atoms with E-state index in [-0.39, 0.29) is 24.0 Å². The lowest BCUT2D eigenvalue weighted by Crippen LogP contribution is -2.36. The van der Waals surface area contributed by atoms with Crippen LogP contribution in [0.1, 0.15) is 38.3 Å². The van der Waals surface area contributed by atoms with Crippen LogP contribution in [-0.2, 0) is 9.53 Å². The summed E-state index contributed by atoms with van der Waals surface area (Å²) in [6.45, 7) is 5.38. The zero-order valence-corrected chi connectivity index (χ0v) is 12.9. The van der Waals surface area contributed by atoms with E-state index in [1.54, 1.807) is 24.2 Å². The third kappa shape index (κ3) is 2.75. The number of cyclic esters (lactones) is 1. The fraction of sp³-hybridized carbons (Fsp3) is 0.600. The van der Waals surface area contributed by atoms with Gasteiger partial charge in [-0.25, -0.2) is 9.78 Å². The Labute approximate surface area is 129 Å². The number of hydrogen-bond acceptors (Lipinski definition) is 5. The van der Waals surface area contributed by atoms with Gasteiger partial charge in [0.05, 0.1) is 17.9 Å². The number of likely N-dealkylation sites (tertiary alicyclic amines) is 1. The van der Waals surface area contributed by atoms with Gasteiger partial charge < -0.3 is 9.64 Å². The van der Waals surface area contributed by atoms with Gasteiger partial charge in [0, 0.05) is 32.1 Å². The first-order valence-electron chi connectivity index (χ1n) is 7.59. The fourth-order valence-corrected chi connectivity index (χ4v) is 3.01. The molecular weight excluding hydrogens is 284 g/mol. The van der Waals surface area contributed by atoms with E-state index in [4.69, 9.17) is 4.74 Å². The molecule has 7 heteroatoms. The quantitative estimate of drug-likeness (QED) is 0.828. The van der Waals surface area contributed by atoms with Crippen molar-refractivity contribution >= 4 is 17.8 Å². The number of amides is 2. The number of aromatic nitrogens is 2. The summed E-state index contributed by atoms with van der Waals surface area (Å²) in [5.41, 5.74) is 0.882. The molecule has 0 N–H and O–H groups in total. The number of hydrogen-bond donors (Lipinski definition) is 0. The minimum absolute atomic E-state index is 0.0309. The lowest BCUT2D eigenvalue weighted by Gasteiger charge is -2.31. The summed E-state index contributed by atoms with van der Waals surface area (Å²) < 4.78 is 5.03. The SMILES string of the molecule is CC(=O)N1CCC(c2cncc(N3C(=O)OCC3C)n2)CC1. The molecule has 2 aliphatic heterocycles. The van der Waals surface area contributed by atoms with Gasteiger partial charge in [-0.05, 0) is 19.8 Å².